The van der Waals surface area contributed by atoms with Crippen LogP contribution in [-0.4, -0.2) is 27.8 Å². The van der Waals surface area contributed by atoms with Gasteiger partial charge in [-0.15, -0.1) is 11.3 Å². The first-order chi connectivity index (χ1) is 8.58. The molecular weight excluding hydrogens is 250 g/mol. The number of carbonyl (C=O) groups is 1. The molecule has 0 radical (unpaired) electrons. The van der Waals surface area contributed by atoms with Crippen LogP contribution in [0, 0.1) is 6.92 Å². The van der Waals surface area contributed by atoms with Gasteiger partial charge in [0, 0.05) is 11.9 Å². The number of carbonyl (C=O) groups excluding carboxylic acids is 1. The summed E-state index contributed by atoms with van der Waals surface area (Å²) in [4.78, 5) is 17.1. The molecule has 2 heterocycles. The zero-order valence-electron chi connectivity index (χ0n) is 10.4. The summed E-state index contributed by atoms with van der Waals surface area (Å²) in [5.41, 5.74) is 1.98. The SMILES string of the molecule is C=Cc1sc(-c2cnn(C)c2C(=O)OC)nc1C. The molecule has 2 rings (SSSR count). The average molecular weight is 263 g/mol. The normalized spacial score (nSPS) is 10.4. The number of nitrogens with zero attached hydrogens (tertiary/aromatic N) is 3. The molecule has 0 bridgehead atoms. The zero-order valence-corrected chi connectivity index (χ0v) is 11.2. The zero-order chi connectivity index (χ0) is 13.3. The van der Waals surface area contributed by atoms with Gasteiger partial charge >= 0.3 is 5.97 Å². The van der Waals surface area contributed by atoms with Gasteiger partial charge in [0.1, 0.15) is 5.01 Å². The summed E-state index contributed by atoms with van der Waals surface area (Å²) < 4.78 is 6.25. The Hall–Kier alpha value is -1.95. The van der Waals surface area contributed by atoms with Gasteiger partial charge in [-0.25, -0.2) is 9.78 Å². The molecule has 0 aliphatic rings. The minimum atomic E-state index is -0.419. The molecule has 2 aromatic heterocycles. The highest BCUT2D eigenvalue weighted by molar-refractivity contribution is 7.16. The number of methoxy groups -OCH3 is 1. The highest BCUT2D eigenvalue weighted by Crippen LogP contribution is 2.30. The fourth-order valence-electron chi connectivity index (χ4n) is 1.65. The van der Waals surface area contributed by atoms with Gasteiger partial charge in [-0.05, 0) is 6.92 Å². The lowest BCUT2D eigenvalue weighted by Crippen LogP contribution is -2.09. The Kier molecular flexibility index (Phi) is 3.29. The highest BCUT2D eigenvalue weighted by atomic mass is 32.1. The Morgan fingerprint density at radius 3 is 2.89 bits per heavy atom. The molecule has 94 valence electrons. The van der Waals surface area contributed by atoms with Crippen LogP contribution in [0.2, 0.25) is 0 Å². The van der Waals surface area contributed by atoms with E-state index in [1.807, 2.05) is 6.92 Å². The van der Waals surface area contributed by atoms with Gasteiger partial charge in [0.05, 0.1) is 24.6 Å². The number of hydrogen-bond donors (Lipinski definition) is 0. The van der Waals surface area contributed by atoms with E-state index in [1.165, 1.54) is 23.1 Å². The number of aromatic nitrogens is 3. The van der Waals surface area contributed by atoms with E-state index in [2.05, 4.69) is 16.7 Å². The van der Waals surface area contributed by atoms with Gasteiger partial charge in [0.25, 0.3) is 0 Å². The number of esters is 1. The summed E-state index contributed by atoms with van der Waals surface area (Å²) in [5.74, 6) is -0.419. The van der Waals surface area contributed by atoms with Crippen LogP contribution in [-0.2, 0) is 11.8 Å². The summed E-state index contributed by atoms with van der Waals surface area (Å²) >= 11 is 1.48. The summed E-state index contributed by atoms with van der Waals surface area (Å²) in [6.45, 7) is 5.64. The molecule has 0 N–H and O–H groups in total. The number of rotatable bonds is 3. The molecule has 0 saturated heterocycles. The summed E-state index contributed by atoms with van der Waals surface area (Å²) in [6.07, 6.45) is 3.38. The van der Waals surface area contributed by atoms with Gasteiger partial charge in [-0.3, -0.25) is 4.68 Å². The summed E-state index contributed by atoms with van der Waals surface area (Å²) in [7, 11) is 3.05. The van der Waals surface area contributed by atoms with E-state index in [0.29, 0.717) is 11.3 Å². The van der Waals surface area contributed by atoms with E-state index in [-0.39, 0.29) is 0 Å². The number of hydrogen-bond acceptors (Lipinski definition) is 5. The molecule has 2 aromatic rings. The molecule has 0 unspecified atom stereocenters. The van der Waals surface area contributed by atoms with Crippen LogP contribution in [0.3, 0.4) is 0 Å². The van der Waals surface area contributed by atoms with Crippen molar-refractivity contribution in [3.8, 4) is 10.6 Å². The summed E-state index contributed by atoms with van der Waals surface area (Å²) in [5, 5.41) is 4.83. The van der Waals surface area contributed by atoms with Crippen LogP contribution in [0.15, 0.2) is 12.8 Å². The van der Waals surface area contributed by atoms with E-state index in [0.717, 1.165) is 15.6 Å². The molecule has 0 fully saturated rings. The van der Waals surface area contributed by atoms with Crippen LogP contribution >= 0.6 is 11.3 Å². The third kappa shape index (κ3) is 1.95. The first-order valence-corrected chi connectivity index (χ1v) is 6.10. The molecule has 0 aliphatic carbocycles. The van der Waals surface area contributed by atoms with Gasteiger partial charge < -0.3 is 4.74 Å². The van der Waals surface area contributed by atoms with Crippen LogP contribution in [0.1, 0.15) is 21.1 Å². The van der Waals surface area contributed by atoms with E-state index in [4.69, 9.17) is 4.74 Å². The average Bonchev–Trinajstić information content (AvgIpc) is 2.91. The predicted molar refractivity (Wildman–Crippen MR) is 70.5 cm³/mol. The summed E-state index contributed by atoms with van der Waals surface area (Å²) in [6, 6.07) is 0. The Balaban J connectivity index is 2.57. The lowest BCUT2D eigenvalue weighted by Gasteiger charge is -2.01. The largest absolute Gasteiger partial charge is 0.464 e. The van der Waals surface area contributed by atoms with Gasteiger partial charge in [-0.2, -0.15) is 5.10 Å². The fraction of sp³-hybridized carbons (Fsp3) is 0.250. The van der Waals surface area contributed by atoms with Crippen molar-refractivity contribution >= 4 is 23.4 Å². The maximum atomic E-state index is 11.7. The highest BCUT2D eigenvalue weighted by Gasteiger charge is 2.21. The van der Waals surface area contributed by atoms with Crippen LogP contribution in [0.4, 0.5) is 0 Å². The third-order valence-electron chi connectivity index (χ3n) is 2.57. The first-order valence-electron chi connectivity index (χ1n) is 5.29. The quantitative estimate of drug-likeness (QED) is 0.797. The molecule has 0 amide bonds. The van der Waals surface area contributed by atoms with Crippen LogP contribution in [0.25, 0.3) is 16.6 Å². The number of ether oxygens (including phenoxy) is 1. The standard InChI is InChI=1S/C12H13N3O2S/c1-5-9-7(2)14-11(18-9)8-6-13-15(3)10(8)12(16)17-4/h5-6H,1H2,2-4H3. The van der Waals surface area contributed by atoms with Crippen molar-refractivity contribution in [2.24, 2.45) is 7.05 Å². The molecular formula is C12H13N3O2S. The molecule has 6 heteroatoms. The van der Waals surface area contributed by atoms with Crippen molar-refractivity contribution < 1.29 is 9.53 Å². The van der Waals surface area contributed by atoms with Crippen molar-refractivity contribution in [1.82, 2.24) is 14.8 Å². The third-order valence-corrected chi connectivity index (χ3v) is 3.75. The van der Waals surface area contributed by atoms with Crippen LogP contribution in [0.5, 0.6) is 0 Å². The maximum absolute atomic E-state index is 11.7. The molecule has 0 spiro atoms. The lowest BCUT2D eigenvalue weighted by atomic mass is 10.2. The maximum Gasteiger partial charge on any atom is 0.357 e. The fourth-order valence-corrected chi connectivity index (χ4v) is 2.57. The Morgan fingerprint density at radius 1 is 1.61 bits per heavy atom. The van der Waals surface area contributed by atoms with Crippen molar-refractivity contribution in [2.45, 2.75) is 6.92 Å². The molecule has 18 heavy (non-hydrogen) atoms. The van der Waals surface area contributed by atoms with Crippen molar-refractivity contribution in [3.05, 3.63) is 29.0 Å². The Bertz CT molecular complexity index is 613. The first kappa shape index (κ1) is 12.5. The van der Waals surface area contributed by atoms with E-state index in [1.54, 1.807) is 19.3 Å². The van der Waals surface area contributed by atoms with Gasteiger partial charge in [0.2, 0.25) is 0 Å². The van der Waals surface area contributed by atoms with Crippen LogP contribution < -0.4 is 0 Å². The second kappa shape index (κ2) is 4.73. The molecule has 0 atom stereocenters. The monoisotopic (exact) mass is 263 g/mol. The smallest absolute Gasteiger partial charge is 0.357 e. The Morgan fingerprint density at radius 2 is 2.33 bits per heavy atom. The number of aryl methyl sites for hydroxylation is 2. The van der Waals surface area contributed by atoms with Gasteiger partial charge in [0.15, 0.2) is 5.69 Å². The number of thiazole rings is 1. The van der Waals surface area contributed by atoms with E-state index in [9.17, 15) is 4.79 Å². The van der Waals surface area contributed by atoms with Crippen molar-refractivity contribution in [3.63, 3.8) is 0 Å². The predicted octanol–water partition coefficient (Wildman–Crippen LogP) is 2.28. The lowest BCUT2D eigenvalue weighted by molar-refractivity contribution is 0.0589. The molecule has 0 aromatic carbocycles. The van der Waals surface area contributed by atoms with E-state index >= 15 is 0 Å². The van der Waals surface area contributed by atoms with Crippen molar-refractivity contribution in [1.29, 1.82) is 0 Å². The van der Waals surface area contributed by atoms with Gasteiger partial charge in [-0.1, -0.05) is 12.7 Å². The Labute approximate surface area is 109 Å². The molecule has 0 aliphatic heterocycles. The minimum absolute atomic E-state index is 0.405. The van der Waals surface area contributed by atoms with Crippen molar-refractivity contribution in [2.75, 3.05) is 7.11 Å². The topological polar surface area (TPSA) is 57.0 Å². The molecule has 0 saturated carbocycles. The van der Waals surface area contributed by atoms with E-state index < -0.39 is 5.97 Å². The minimum Gasteiger partial charge on any atom is -0.464 e. The second-order valence-electron chi connectivity index (χ2n) is 3.69. The molecule has 5 nitrogen and oxygen atoms in total. The second-order valence-corrected chi connectivity index (χ2v) is 4.73.